The van der Waals surface area contributed by atoms with Crippen molar-refractivity contribution in [1.29, 1.82) is 0 Å². The number of rotatable bonds is 2. The predicted octanol–water partition coefficient (Wildman–Crippen LogP) is 4.04. The summed E-state index contributed by atoms with van der Waals surface area (Å²) in [4.78, 5) is 12.1. The number of cyclic esters (lactones) is 1. The molecule has 0 saturated carbocycles. The summed E-state index contributed by atoms with van der Waals surface area (Å²) in [7, 11) is 0. The minimum Gasteiger partial charge on any atom is -0.511 e. The van der Waals surface area contributed by atoms with Crippen LogP contribution in [0.1, 0.15) is 17.5 Å². The largest absolute Gasteiger partial charge is 0.511 e. The van der Waals surface area contributed by atoms with Crippen molar-refractivity contribution in [3.63, 3.8) is 0 Å². The average molecular weight is 345 g/mol. The summed E-state index contributed by atoms with van der Waals surface area (Å²) in [5.74, 6) is -0.564. The normalized spacial score (nSPS) is 17.5. The molecule has 0 amide bonds. The van der Waals surface area contributed by atoms with Crippen molar-refractivity contribution in [3.8, 4) is 0 Å². The number of esters is 1. The molecule has 21 heavy (non-hydrogen) atoms. The van der Waals surface area contributed by atoms with Crippen LogP contribution in [0, 0.1) is 0 Å². The summed E-state index contributed by atoms with van der Waals surface area (Å²) in [6.45, 7) is 0. The van der Waals surface area contributed by atoms with E-state index in [9.17, 15) is 9.90 Å². The molecule has 3 nitrogen and oxygen atoms in total. The van der Waals surface area contributed by atoms with Gasteiger partial charge in [0.1, 0.15) is 10.2 Å². The van der Waals surface area contributed by atoms with Gasteiger partial charge in [-0.3, -0.25) is 0 Å². The number of ether oxygens (including phenoxy) is 1. The molecule has 0 saturated heterocycles. The van der Waals surface area contributed by atoms with E-state index >= 15 is 0 Å². The van der Waals surface area contributed by atoms with Crippen LogP contribution in [0.25, 0.3) is 0 Å². The zero-order chi connectivity index (χ0) is 14.9. The number of hydrogen-bond donors (Lipinski definition) is 1. The molecule has 0 spiro atoms. The third-order valence-electron chi connectivity index (χ3n) is 3.60. The quantitative estimate of drug-likeness (QED) is 0.836. The molecule has 0 aromatic heterocycles. The Morgan fingerprint density at radius 2 is 1.43 bits per heavy atom. The lowest BCUT2D eigenvalue weighted by Gasteiger charge is -2.37. The second-order valence-electron chi connectivity index (χ2n) is 4.89. The fourth-order valence-electron chi connectivity index (χ4n) is 2.57. The van der Waals surface area contributed by atoms with Crippen LogP contribution in [0.15, 0.2) is 70.9 Å². The molecule has 2 aromatic rings. The highest BCUT2D eigenvalue weighted by Gasteiger charge is 2.44. The van der Waals surface area contributed by atoms with E-state index in [-0.39, 0.29) is 16.7 Å². The van der Waals surface area contributed by atoms with Crippen LogP contribution in [0.3, 0.4) is 0 Å². The minimum absolute atomic E-state index is 0.000967. The Hall–Kier alpha value is -2.07. The van der Waals surface area contributed by atoms with Crippen LogP contribution < -0.4 is 0 Å². The molecule has 0 radical (unpaired) electrons. The second-order valence-corrected chi connectivity index (χ2v) is 5.68. The van der Waals surface area contributed by atoms with Crippen molar-refractivity contribution in [2.45, 2.75) is 12.0 Å². The molecular formula is C17H13BrO3. The van der Waals surface area contributed by atoms with Crippen molar-refractivity contribution in [2.24, 2.45) is 0 Å². The van der Waals surface area contributed by atoms with Gasteiger partial charge in [0.2, 0.25) is 0 Å². The lowest BCUT2D eigenvalue weighted by Crippen LogP contribution is -2.38. The smallest absolute Gasteiger partial charge is 0.349 e. The maximum atomic E-state index is 12.1. The highest BCUT2D eigenvalue weighted by atomic mass is 79.9. The molecule has 1 aliphatic heterocycles. The summed E-state index contributed by atoms with van der Waals surface area (Å²) in [6.07, 6.45) is 0.202. The first kappa shape index (κ1) is 13.9. The standard InChI is InChI=1S/C17H13BrO3/c18-15-14(19)11-17(21-16(15)20,12-7-3-1-4-8-12)13-9-5-2-6-10-13/h1-10,19H,11H2. The third kappa shape index (κ3) is 2.36. The zero-order valence-corrected chi connectivity index (χ0v) is 12.7. The first-order valence-electron chi connectivity index (χ1n) is 6.55. The summed E-state index contributed by atoms with van der Waals surface area (Å²) in [5.41, 5.74) is 0.660. The zero-order valence-electron chi connectivity index (χ0n) is 11.1. The summed E-state index contributed by atoms with van der Waals surface area (Å²) in [5, 5.41) is 10.1. The molecule has 0 unspecified atom stereocenters. The number of carbonyl (C=O) groups is 1. The van der Waals surface area contributed by atoms with Gasteiger partial charge in [0.05, 0.1) is 6.42 Å². The van der Waals surface area contributed by atoms with Crippen molar-refractivity contribution >= 4 is 21.9 Å². The number of hydrogen-bond acceptors (Lipinski definition) is 3. The molecule has 4 heteroatoms. The van der Waals surface area contributed by atoms with Crippen LogP contribution in [0.2, 0.25) is 0 Å². The van der Waals surface area contributed by atoms with Gasteiger partial charge in [0, 0.05) is 11.1 Å². The lowest BCUT2D eigenvalue weighted by molar-refractivity contribution is -0.154. The minimum atomic E-state index is -0.999. The Balaban J connectivity index is 2.21. The van der Waals surface area contributed by atoms with Gasteiger partial charge in [0.15, 0.2) is 5.60 Å². The van der Waals surface area contributed by atoms with Gasteiger partial charge in [-0.05, 0) is 15.9 Å². The fourth-order valence-corrected chi connectivity index (χ4v) is 2.79. The number of aliphatic hydroxyl groups is 1. The van der Waals surface area contributed by atoms with Crippen molar-refractivity contribution < 1.29 is 14.6 Å². The van der Waals surface area contributed by atoms with E-state index < -0.39 is 11.6 Å². The van der Waals surface area contributed by atoms with Crippen molar-refractivity contribution in [3.05, 3.63) is 82.0 Å². The van der Waals surface area contributed by atoms with Gasteiger partial charge in [-0.15, -0.1) is 0 Å². The van der Waals surface area contributed by atoms with Crippen LogP contribution in [-0.4, -0.2) is 11.1 Å². The van der Waals surface area contributed by atoms with Crippen LogP contribution in [0.5, 0.6) is 0 Å². The van der Waals surface area contributed by atoms with Crippen LogP contribution in [-0.2, 0) is 15.1 Å². The van der Waals surface area contributed by atoms with E-state index in [0.717, 1.165) is 11.1 Å². The maximum Gasteiger partial charge on any atom is 0.349 e. The highest BCUT2D eigenvalue weighted by Crippen LogP contribution is 2.43. The maximum absolute atomic E-state index is 12.1. The summed E-state index contributed by atoms with van der Waals surface area (Å²) >= 11 is 3.07. The Kier molecular flexibility index (Phi) is 3.55. The van der Waals surface area contributed by atoms with Crippen LogP contribution in [0.4, 0.5) is 0 Å². The SMILES string of the molecule is O=C1OC(c2ccccc2)(c2ccccc2)CC(O)=C1Br. The number of carbonyl (C=O) groups excluding carboxylic acids is 1. The lowest BCUT2D eigenvalue weighted by atomic mass is 9.81. The van der Waals surface area contributed by atoms with Gasteiger partial charge in [-0.1, -0.05) is 60.7 Å². The van der Waals surface area contributed by atoms with E-state index in [1.165, 1.54) is 0 Å². The van der Waals surface area contributed by atoms with Gasteiger partial charge in [-0.25, -0.2) is 4.79 Å². The molecule has 2 aromatic carbocycles. The molecule has 1 aliphatic rings. The van der Waals surface area contributed by atoms with Gasteiger partial charge in [-0.2, -0.15) is 0 Å². The Morgan fingerprint density at radius 3 is 1.86 bits per heavy atom. The molecule has 1 heterocycles. The molecule has 0 fully saturated rings. The number of benzene rings is 2. The Labute approximate surface area is 131 Å². The molecule has 3 rings (SSSR count). The van der Waals surface area contributed by atoms with E-state index in [2.05, 4.69) is 15.9 Å². The molecule has 106 valence electrons. The summed E-state index contributed by atoms with van der Waals surface area (Å²) in [6, 6.07) is 18.9. The Bertz CT molecular complexity index is 653. The first-order valence-corrected chi connectivity index (χ1v) is 7.35. The first-order chi connectivity index (χ1) is 10.1. The van der Waals surface area contributed by atoms with E-state index in [0.29, 0.717) is 0 Å². The molecule has 0 atom stereocenters. The predicted molar refractivity (Wildman–Crippen MR) is 83.0 cm³/mol. The highest BCUT2D eigenvalue weighted by molar-refractivity contribution is 9.12. The third-order valence-corrected chi connectivity index (χ3v) is 4.38. The van der Waals surface area contributed by atoms with E-state index in [1.807, 2.05) is 60.7 Å². The average Bonchev–Trinajstić information content (AvgIpc) is 2.54. The molecule has 0 bridgehead atoms. The van der Waals surface area contributed by atoms with Gasteiger partial charge >= 0.3 is 5.97 Å². The van der Waals surface area contributed by atoms with Crippen molar-refractivity contribution in [2.75, 3.05) is 0 Å². The van der Waals surface area contributed by atoms with Crippen LogP contribution >= 0.6 is 15.9 Å². The summed E-state index contributed by atoms with van der Waals surface area (Å²) < 4.78 is 5.81. The van der Waals surface area contributed by atoms with E-state index in [1.54, 1.807) is 0 Å². The molecule has 1 N–H and O–H groups in total. The van der Waals surface area contributed by atoms with Gasteiger partial charge < -0.3 is 9.84 Å². The van der Waals surface area contributed by atoms with Gasteiger partial charge in [0.25, 0.3) is 0 Å². The topological polar surface area (TPSA) is 46.5 Å². The number of aliphatic hydroxyl groups excluding tert-OH is 1. The van der Waals surface area contributed by atoms with Crippen molar-refractivity contribution in [1.82, 2.24) is 0 Å². The fraction of sp³-hybridized carbons (Fsp3) is 0.118. The number of halogens is 1. The van der Waals surface area contributed by atoms with E-state index in [4.69, 9.17) is 4.74 Å². The second kappa shape index (κ2) is 5.37. The molecular weight excluding hydrogens is 332 g/mol. The monoisotopic (exact) mass is 344 g/mol. The molecule has 0 aliphatic carbocycles. The Morgan fingerprint density at radius 1 is 0.952 bits per heavy atom.